The molecule has 1 heterocycles. The van der Waals surface area contributed by atoms with E-state index >= 15 is 0 Å². The summed E-state index contributed by atoms with van der Waals surface area (Å²) in [7, 11) is 0. The van der Waals surface area contributed by atoms with Crippen LogP contribution in [-0.4, -0.2) is 49.7 Å². The molecule has 0 saturated heterocycles. The Morgan fingerprint density at radius 1 is 1.47 bits per heavy atom. The number of hydrogen-bond acceptors (Lipinski definition) is 6. The van der Waals surface area contributed by atoms with E-state index in [1.807, 2.05) is 0 Å². The summed E-state index contributed by atoms with van der Waals surface area (Å²) in [5.74, 6) is -0.841. The maximum absolute atomic E-state index is 10.4. The van der Waals surface area contributed by atoms with E-state index in [2.05, 4.69) is 9.97 Å². The summed E-state index contributed by atoms with van der Waals surface area (Å²) in [4.78, 5) is 17.9. The van der Waals surface area contributed by atoms with Crippen LogP contribution in [-0.2, 0) is 0 Å². The van der Waals surface area contributed by atoms with Gasteiger partial charge in [0.25, 0.3) is 0 Å². The predicted octanol–water partition coefficient (Wildman–Crippen LogP) is -0.380. The Morgan fingerprint density at radius 2 is 2.20 bits per heavy atom. The number of rotatable bonds is 5. The lowest BCUT2D eigenvalue weighted by atomic mass is 10.4. The third-order valence-corrected chi connectivity index (χ3v) is 2.54. The lowest BCUT2D eigenvalue weighted by molar-refractivity contribution is 0.0689. The highest BCUT2D eigenvalue weighted by molar-refractivity contribution is 7.99. The molecule has 1 aromatic heterocycles. The van der Waals surface area contributed by atoms with Crippen LogP contribution in [0.4, 0.5) is 0 Å². The molecule has 0 aliphatic rings. The first-order chi connectivity index (χ1) is 7.13. The highest BCUT2D eigenvalue weighted by Crippen LogP contribution is 2.14. The maximum atomic E-state index is 10.4. The normalized spacial score (nSPS) is 12.4. The molecule has 0 aliphatic carbocycles. The summed E-state index contributed by atoms with van der Waals surface area (Å²) in [6.45, 7) is -0.312. The second-order valence-corrected chi connectivity index (χ2v) is 3.73. The average Bonchev–Trinajstić information content (AvgIpc) is 2.26. The van der Waals surface area contributed by atoms with E-state index in [-0.39, 0.29) is 18.1 Å². The molecule has 15 heavy (non-hydrogen) atoms. The van der Waals surface area contributed by atoms with E-state index < -0.39 is 12.1 Å². The van der Waals surface area contributed by atoms with E-state index in [9.17, 15) is 4.79 Å². The van der Waals surface area contributed by atoms with Crippen molar-refractivity contribution in [3.63, 3.8) is 0 Å². The average molecular weight is 230 g/mol. The van der Waals surface area contributed by atoms with Crippen molar-refractivity contribution in [3.05, 3.63) is 18.1 Å². The van der Waals surface area contributed by atoms with Gasteiger partial charge in [-0.25, -0.2) is 14.8 Å². The number of carbonyl (C=O) groups is 1. The molecular weight excluding hydrogens is 220 g/mol. The molecule has 3 N–H and O–H groups in total. The van der Waals surface area contributed by atoms with Gasteiger partial charge in [-0.05, 0) is 0 Å². The molecule has 1 unspecified atom stereocenters. The van der Waals surface area contributed by atoms with Gasteiger partial charge in [0.05, 0.1) is 25.1 Å². The Balaban J connectivity index is 2.53. The molecule has 0 radical (unpaired) electrons. The fraction of sp³-hybridized carbons (Fsp3) is 0.375. The lowest BCUT2D eigenvalue weighted by Gasteiger charge is -2.05. The molecular formula is C8H10N2O4S. The third kappa shape index (κ3) is 3.82. The molecule has 0 amide bonds. The molecule has 0 spiro atoms. The number of aromatic nitrogens is 2. The minimum absolute atomic E-state index is 0.123. The predicted molar refractivity (Wildman–Crippen MR) is 52.8 cm³/mol. The second-order valence-electron chi connectivity index (χ2n) is 2.69. The van der Waals surface area contributed by atoms with Crippen molar-refractivity contribution in [3.8, 4) is 0 Å². The molecule has 0 fully saturated rings. The summed E-state index contributed by atoms with van der Waals surface area (Å²) in [6, 6.07) is 0. The van der Waals surface area contributed by atoms with Crippen molar-refractivity contribution >= 4 is 17.7 Å². The molecule has 1 atom stereocenters. The smallest absolute Gasteiger partial charge is 0.356 e. The van der Waals surface area contributed by atoms with Crippen molar-refractivity contribution < 1.29 is 20.1 Å². The number of carboxylic acids is 1. The van der Waals surface area contributed by atoms with Crippen LogP contribution in [0.15, 0.2) is 17.4 Å². The van der Waals surface area contributed by atoms with Crippen molar-refractivity contribution in [2.24, 2.45) is 0 Å². The number of hydrogen-bond donors (Lipinski definition) is 3. The van der Waals surface area contributed by atoms with Crippen LogP contribution >= 0.6 is 11.8 Å². The van der Waals surface area contributed by atoms with Crippen LogP contribution in [0.1, 0.15) is 10.5 Å². The second kappa shape index (κ2) is 5.64. The minimum Gasteiger partial charge on any atom is -0.476 e. The van der Waals surface area contributed by atoms with Gasteiger partial charge in [0.2, 0.25) is 0 Å². The maximum Gasteiger partial charge on any atom is 0.356 e. The standard InChI is InChI=1S/C8H10N2O4S/c11-3-5(12)4-15-7-2-9-6(1-10-7)8(13)14/h1-2,5,11-12H,3-4H2,(H,13,14). The summed E-state index contributed by atoms with van der Waals surface area (Å²) in [5, 5.41) is 26.7. The quantitative estimate of drug-likeness (QED) is 0.592. The number of aliphatic hydroxyl groups is 2. The van der Waals surface area contributed by atoms with Gasteiger partial charge >= 0.3 is 5.97 Å². The molecule has 0 saturated carbocycles. The van der Waals surface area contributed by atoms with Crippen molar-refractivity contribution in [1.29, 1.82) is 0 Å². The Hall–Kier alpha value is -1.18. The van der Waals surface area contributed by atoms with E-state index in [1.54, 1.807) is 0 Å². The largest absolute Gasteiger partial charge is 0.476 e. The summed E-state index contributed by atoms with van der Waals surface area (Å²) >= 11 is 1.20. The Kier molecular flexibility index (Phi) is 4.47. The number of thioether (sulfide) groups is 1. The molecule has 6 nitrogen and oxygen atoms in total. The van der Waals surface area contributed by atoms with E-state index in [4.69, 9.17) is 15.3 Å². The summed E-state index contributed by atoms with van der Waals surface area (Å²) in [5.41, 5.74) is -0.123. The van der Waals surface area contributed by atoms with Crippen LogP contribution < -0.4 is 0 Å². The van der Waals surface area contributed by atoms with Crippen LogP contribution in [0, 0.1) is 0 Å². The van der Waals surface area contributed by atoms with Gasteiger partial charge in [0.15, 0.2) is 5.69 Å². The third-order valence-electron chi connectivity index (χ3n) is 1.48. The molecule has 1 aromatic rings. The van der Waals surface area contributed by atoms with Gasteiger partial charge in [-0.1, -0.05) is 0 Å². The molecule has 0 aliphatic heterocycles. The molecule has 1 rings (SSSR count). The van der Waals surface area contributed by atoms with Crippen LogP contribution in [0.25, 0.3) is 0 Å². The topological polar surface area (TPSA) is 104 Å². The van der Waals surface area contributed by atoms with Crippen molar-refractivity contribution in [2.45, 2.75) is 11.1 Å². The molecule has 82 valence electrons. The molecule has 0 bridgehead atoms. The zero-order valence-corrected chi connectivity index (χ0v) is 8.52. The van der Waals surface area contributed by atoms with Crippen molar-refractivity contribution in [1.82, 2.24) is 9.97 Å². The number of aromatic carboxylic acids is 1. The van der Waals surface area contributed by atoms with Gasteiger partial charge in [-0.3, -0.25) is 0 Å². The fourth-order valence-electron chi connectivity index (χ4n) is 0.735. The Morgan fingerprint density at radius 3 is 2.67 bits per heavy atom. The van der Waals surface area contributed by atoms with Crippen LogP contribution in [0.5, 0.6) is 0 Å². The van der Waals surface area contributed by atoms with Crippen LogP contribution in [0.3, 0.4) is 0 Å². The molecule has 7 heteroatoms. The van der Waals surface area contributed by atoms with Gasteiger partial charge in [0.1, 0.15) is 5.03 Å². The van der Waals surface area contributed by atoms with Crippen molar-refractivity contribution in [2.75, 3.05) is 12.4 Å². The highest BCUT2D eigenvalue weighted by atomic mass is 32.2. The highest BCUT2D eigenvalue weighted by Gasteiger charge is 2.07. The SMILES string of the molecule is O=C(O)c1cnc(SCC(O)CO)cn1. The zero-order valence-electron chi connectivity index (χ0n) is 7.70. The summed E-state index contributed by atoms with van der Waals surface area (Å²) in [6.07, 6.45) is 1.66. The zero-order chi connectivity index (χ0) is 11.3. The number of nitrogens with zero attached hydrogens (tertiary/aromatic N) is 2. The van der Waals surface area contributed by atoms with Crippen LogP contribution in [0.2, 0.25) is 0 Å². The first kappa shape index (κ1) is 11.9. The first-order valence-electron chi connectivity index (χ1n) is 4.10. The Labute approximate surface area is 90.0 Å². The van der Waals surface area contributed by atoms with Gasteiger partial charge in [0, 0.05) is 5.75 Å². The van der Waals surface area contributed by atoms with Gasteiger partial charge in [-0.15, -0.1) is 11.8 Å². The van der Waals surface area contributed by atoms with Gasteiger partial charge < -0.3 is 15.3 Å². The van der Waals surface area contributed by atoms with Gasteiger partial charge in [-0.2, -0.15) is 0 Å². The molecule has 0 aromatic carbocycles. The monoisotopic (exact) mass is 230 g/mol. The van der Waals surface area contributed by atoms with E-state index in [0.29, 0.717) is 5.03 Å². The number of aliphatic hydroxyl groups excluding tert-OH is 2. The summed E-state index contributed by atoms with van der Waals surface area (Å²) < 4.78 is 0. The van der Waals surface area contributed by atoms with E-state index in [1.165, 1.54) is 18.0 Å². The van der Waals surface area contributed by atoms with E-state index in [0.717, 1.165) is 6.20 Å². The number of carboxylic acid groups (broad SMARTS) is 1. The first-order valence-corrected chi connectivity index (χ1v) is 5.09. The lowest BCUT2D eigenvalue weighted by Crippen LogP contribution is -2.14. The Bertz CT molecular complexity index is 330. The minimum atomic E-state index is -1.13. The fourth-order valence-corrected chi connectivity index (χ4v) is 1.46.